The number of nitrogens with one attached hydrogen (secondary N) is 1. The van der Waals surface area contributed by atoms with E-state index in [-0.39, 0.29) is 41.4 Å². The fraction of sp³-hybridized carbons (Fsp3) is 0.440. The van der Waals surface area contributed by atoms with Crippen LogP contribution in [0.2, 0.25) is 0 Å². The van der Waals surface area contributed by atoms with Crippen LogP contribution in [0.5, 0.6) is 5.75 Å². The highest BCUT2D eigenvalue weighted by Gasteiger charge is 2.33. The van der Waals surface area contributed by atoms with Crippen molar-refractivity contribution in [3.05, 3.63) is 59.2 Å². The molecule has 1 aliphatic rings. The van der Waals surface area contributed by atoms with Crippen molar-refractivity contribution in [2.75, 3.05) is 37.7 Å². The molecular formula is C25H33N3O7S. The van der Waals surface area contributed by atoms with Crippen molar-refractivity contribution in [1.29, 1.82) is 0 Å². The number of aromatic carboxylic acids is 1. The summed E-state index contributed by atoms with van der Waals surface area (Å²) >= 11 is 0. The molecule has 0 spiro atoms. The van der Waals surface area contributed by atoms with Gasteiger partial charge in [-0.1, -0.05) is 19.1 Å². The van der Waals surface area contributed by atoms with E-state index in [1.165, 1.54) is 6.07 Å². The van der Waals surface area contributed by atoms with Crippen LogP contribution in [0.4, 0.5) is 5.69 Å². The normalized spacial score (nSPS) is 19.2. The van der Waals surface area contributed by atoms with E-state index in [4.69, 9.17) is 9.84 Å². The van der Waals surface area contributed by atoms with E-state index >= 15 is 0 Å². The smallest absolute Gasteiger partial charge is 0.335 e. The molecule has 1 aliphatic heterocycles. The minimum Gasteiger partial charge on any atom is -0.488 e. The molecule has 3 N–H and O–H groups in total. The summed E-state index contributed by atoms with van der Waals surface area (Å²) in [6.07, 6.45) is 0.715. The van der Waals surface area contributed by atoms with Crippen molar-refractivity contribution in [1.82, 2.24) is 9.80 Å². The van der Waals surface area contributed by atoms with Crippen molar-refractivity contribution in [2.24, 2.45) is 5.92 Å². The van der Waals surface area contributed by atoms with E-state index in [0.29, 0.717) is 25.4 Å². The lowest BCUT2D eigenvalue weighted by atomic mass is 9.99. The van der Waals surface area contributed by atoms with Gasteiger partial charge in [-0.2, -0.15) is 0 Å². The summed E-state index contributed by atoms with van der Waals surface area (Å²) in [5.41, 5.74) is 1.63. The maximum Gasteiger partial charge on any atom is 0.335 e. The molecular weight excluding hydrogens is 486 g/mol. The van der Waals surface area contributed by atoms with Gasteiger partial charge in [-0.15, -0.1) is 0 Å². The fourth-order valence-electron chi connectivity index (χ4n) is 4.15. The molecule has 0 saturated heterocycles. The van der Waals surface area contributed by atoms with Crippen molar-refractivity contribution in [3.8, 4) is 5.75 Å². The monoisotopic (exact) mass is 519 g/mol. The van der Waals surface area contributed by atoms with Gasteiger partial charge in [-0.25, -0.2) is 13.2 Å². The third kappa shape index (κ3) is 6.96. The molecule has 0 radical (unpaired) electrons. The van der Waals surface area contributed by atoms with E-state index in [9.17, 15) is 23.1 Å². The van der Waals surface area contributed by atoms with Gasteiger partial charge in [0.15, 0.2) is 0 Å². The number of carbonyl (C=O) groups excluding carboxylic acids is 1. The number of ether oxygens (including phenoxy) is 1. The number of fused-ring (bicyclic) bond motifs is 1. The van der Waals surface area contributed by atoms with Crippen LogP contribution >= 0.6 is 0 Å². The molecule has 0 fully saturated rings. The number of amides is 1. The second-order valence-electron chi connectivity index (χ2n) is 9.41. The van der Waals surface area contributed by atoms with Crippen LogP contribution in [0, 0.1) is 5.92 Å². The number of carboxylic acid groups (broad SMARTS) is 1. The maximum absolute atomic E-state index is 13.4. The standard InChI is InChI=1S/C25H33N3O7S/c1-16-12-28(17(2)15-29)24(30)21-11-20(26-36(4,33)34)9-10-22(21)35-23(16)14-27(3)13-18-5-7-19(8-6-18)25(31)32/h5-11,16-17,23,26,29H,12-15H2,1-4H3,(H,31,32)/t16-,17+,23-/m0/s1. The largest absolute Gasteiger partial charge is 0.488 e. The first-order valence-electron chi connectivity index (χ1n) is 11.6. The van der Waals surface area contributed by atoms with Crippen molar-refractivity contribution >= 4 is 27.6 Å². The zero-order valence-electron chi connectivity index (χ0n) is 20.8. The van der Waals surface area contributed by atoms with E-state index in [2.05, 4.69) is 9.62 Å². The van der Waals surface area contributed by atoms with Crippen molar-refractivity contribution < 1.29 is 33.0 Å². The summed E-state index contributed by atoms with van der Waals surface area (Å²) in [5, 5.41) is 18.9. The van der Waals surface area contributed by atoms with Crippen LogP contribution in [0.1, 0.15) is 40.1 Å². The number of carbonyl (C=O) groups is 2. The first-order chi connectivity index (χ1) is 16.9. The lowest BCUT2D eigenvalue weighted by Crippen LogP contribution is -2.49. The van der Waals surface area contributed by atoms with Gasteiger partial charge in [0.1, 0.15) is 11.9 Å². The van der Waals surface area contributed by atoms with Gasteiger partial charge >= 0.3 is 5.97 Å². The van der Waals surface area contributed by atoms with Crippen LogP contribution in [0.25, 0.3) is 0 Å². The molecule has 0 unspecified atom stereocenters. The number of aliphatic hydroxyl groups is 1. The van der Waals surface area contributed by atoms with Gasteiger partial charge in [-0.05, 0) is 49.9 Å². The van der Waals surface area contributed by atoms with Gasteiger partial charge in [0.2, 0.25) is 10.0 Å². The molecule has 0 aromatic heterocycles. The molecule has 0 saturated carbocycles. The predicted molar refractivity (Wildman–Crippen MR) is 136 cm³/mol. The zero-order chi connectivity index (χ0) is 26.6. The number of sulfonamides is 1. The number of nitrogens with zero attached hydrogens (tertiary/aromatic N) is 2. The molecule has 3 atom stereocenters. The first kappa shape index (κ1) is 27.4. The predicted octanol–water partition coefficient (Wildman–Crippen LogP) is 2.11. The molecule has 0 aliphatic carbocycles. The van der Waals surface area contributed by atoms with Crippen LogP contribution < -0.4 is 9.46 Å². The summed E-state index contributed by atoms with van der Waals surface area (Å²) in [7, 11) is -1.61. The average molecular weight is 520 g/mol. The highest BCUT2D eigenvalue weighted by molar-refractivity contribution is 7.92. The molecule has 2 aromatic rings. The molecule has 36 heavy (non-hydrogen) atoms. The molecule has 3 rings (SSSR count). The van der Waals surface area contributed by atoms with Gasteiger partial charge in [0, 0.05) is 31.2 Å². The highest BCUT2D eigenvalue weighted by atomic mass is 32.2. The molecule has 1 heterocycles. The number of benzene rings is 2. The SMILES string of the molecule is C[C@H](CO)N1C[C@H](C)[C@H](CN(C)Cc2ccc(C(=O)O)cc2)Oc2ccc(NS(C)(=O)=O)cc2C1=O. The number of rotatable bonds is 9. The van der Waals surface area contributed by atoms with Crippen LogP contribution in [0.15, 0.2) is 42.5 Å². The quantitative estimate of drug-likeness (QED) is 0.458. The molecule has 11 heteroatoms. The van der Waals surface area contributed by atoms with Crippen LogP contribution in [-0.2, 0) is 16.6 Å². The third-order valence-electron chi connectivity index (χ3n) is 6.11. The summed E-state index contributed by atoms with van der Waals surface area (Å²) in [6.45, 7) is 4.94. The van der Waals surface area contributed by atoms with Crippen LogP contribution in [-0.4, -0.2) is 85.5 Å². The molecule has 10 nitrogen and oxygen atoms in total. The van der Waals surface area contributed by atoms with Crippen LogP contribution in [0.3, 0.4) is 0 Å². The number of carboxylic acids is 1. The molecule has 196 valence electrons. The second-order valence-corrected chi connectivity index (χ2v) is 11.2. The second kappa shape index (κ2) is 11.3. The topological polar surface area (TPSA) is 136 Å². The summed E-state index contributed by atoms with van der Waals surface area (Å²) in [6, 6.07) is 10.8. The maximum atomic E-state index is 13.4. The highest BCUT2D eigenvalue weighted by Crippen LogP contribution is 2.31. The Kier molecular flexibility index (Phi) is 8.59. The third-order valence-corrected chi connectivity index (χ3v) is 6.72. The van der Waals surface area contributed by atoms with E-state index in [1.807, 2.05) is 14.0 Å². The Hall–Kier alpha value is -3.15. The van der Waals surface area contributed by atoms with Gasteiger partial charge in [-0.3, -0.25) is 14.4 Å². The fourth-order valence-corrected chi connectivity index (χ4v) is 4.71. The number of likely N-dealkylation sites (N-methyl/N-ethyl adjacent to an activating group) is 1. The number of aliphatic hydroxyl groups excluding tert-OH is 1. The lowest BCUT2D eigenvalue weighted by molar-refractivity contribution is 0.0341. The Morgan fingerprint density at radius 2 is 1.92 bits per heavy atom. The minimum atomic E-state index is -3.54. The van der Waals surface area contributed by atoms with Crippen molar-refractivity contribution in [2.45, 2.75) is 32.5 Å². The molecule has 1 amide bonds. The Bertz CT molecular complexity index is 1200. The molecule has 0 bridgehead atoms. The number of hydrogen-bond acceptors (Lipinski definition) is 7. The molecule has 2 aromatic carbocycles. The summed E-state index contributed by atoms with van der Waals surface area (Å²) < 4.78 is 32.1. The Morgan fingerprint density at radius 3 is 2.50 bits per heavy atom. The Balaban J connectivity index is 1.87. The summed E-state index contributed by atoms with van der Waals surface area (Å²) in [5.74, 6) is -1.07. The van der Waals surface area contributed by atoms with E-state index in [0.717, 1.165) is 11.8 Å². The van der Waals surface area contributed by atoms with Crippen molar-refractivity contribution in [3.63, 3.8) is 0 Å². The Labute approximate surface area is 211 Å². The van der Waals surface area contributed by atoms with E-state index in [1.54, 1.807) is 48.2 Å². The summed E-state index contributed by atoms with van der Waals surface area (Å²) in [4.78, 5) is 28.1. The zero-order valence-corrected chi connectivity index (χ0v) is 21.7. The van der Waals surface area contributed by atoms with Gasteiger partial charge in [0.25, 0.3) is 5.91 Å². The first-order valence-corrected chi connectivity index (χ1v) is 13.5. The minimum absolute atomic E-state index is 0.0817. The number of hydrogen-bond donors (Lipinski definition) is 3. The van der Waals surface area contributed by atoms with Gasteiger partial charge < -0.3 is 19.8 Å². The van der Waals surface area contributed by atoms with E-state index < -0.39 is 22.0 Å². The Morgan fingerprint density at radius 1 is 1.25 bits per heavy atom. The number of anilines is 1. The average Bonchev–Trinajstić information content (AvgIpc) is 2.80. The lowest BCUT2D eigenvalue weighted by Gasteiger charge is -2.38. The van der Waals surface area contributed by atoms with Gasteiger partial charge in [0.05, 0.1) is 30.0 Å².